The van der Waals surface area contributed by atoms with Gasteiger partial charge in [0.2, 0.25) is 15.9 Å². The maximum Gasteiger partial charge on any atom is 0.243 e. The van der Waals surface area contributed by atoms with Crippen molar-refractivity contribution in [1.82, 2.24) is 4.31 Å². The summed E-state index contributed by atoms with van der Waals surface area (Å²) in [5.74, 6) is -0.959. The van der Waals surface area contributed by atoms with E-state index < -0.39 is 21.7 Å². The van der Waals surface area contributed by atoms with Crippen LogP contribution in [-0.4, -0.2) is 31.7 Å². The number of amides is 1. The van der Waals surface area contributed by atoms with Crippen molar-refractivity contribution < 1.29 is 17.6 Å². The average Bonchev–Trinajstić information content (AvgIpc) is 2.59. The Labute approximate surface area is 157 Å². The predicted octanol–water partition coefficient (Wildman–Crippen LogP) is 3.69. The van der Waals surface area contributed by atoms with Crippen LogP contribution >= 0.6 is 11.6 Å². The summed E-state index contributed by atoms with van der Waals surface area (Å²) in [7, 11) is -3.55. The fourth-order valence-electron chi connectivity index (χ4n) is 2.47. The first-order valence-electron chi connectivity index (χ1n) is 8.12. The number of sulfonamides is 1. The highest BCUT2D eigenvalue weighted by Crippen LogP contribution is 2.19. The molecule has 0 spiro atoms. The zero-order valence-corrected chi connectivity index (χ0v) is 16.1. The molecule has 0 aromatic heterocycles. The van der Waals surface area contributed by atoms with Gasteiger partial charge in [-0.2, -0.15) is 4.31 Å². The van der Waals surface area contributed by atoms with Crippen LogP contribution in [0.15, 0.2) is 47.4 Å². The largest absolute Gasteiger partial charge is 0.326 e. The molecule has 1 amide bonds. The van der Waals surface area contributed by atoms with E-state index >= 15 is 0 Å². The van der Waals surface area contributed by atoms with Gasteiger partial charge in [0, 0.05) is 23.8 Å². The molecule has 26 heavy (non-hydrogen) atoms. The van der Waals surface area contributed by atoms with Crippen LogP contribution in [0.5, 0.6) is 0 Å². The summed E-state index contributed by atoms with van der Waals surface area (Å²) in [5.41, 5.74) is 0.662. The number of hydrogen-bond donors (Lipinski definition) is 1. The summed E-state index contributed by atoms with van der Waals surface area (Å²) in [6.07, 6.45) is -0.150. The predicted molar refractivity (Wildman–Crippen MR) is 100 cm³/mol. The lowest BCUT2D eigenvalue weighted by Crippen LogP contribution is -2.30. The minimum atomic E-state index is -3.55. The number of halogens is 2. The molecule has 0 aliphatic carbocycles. The normalized spacial score (nSPS) is 11.6. The third-order valence-electron chi connectivity index (χ3n) is 3.85. The molecule has 0 radical (unpaired) electrons. The Morgan fingerprint density at radius 3 is 2.27 bits per heavy atom. The molecule has 0 fully saturated rings. The molecule has 5 nitrogen and oxygen atoms in total. The van der Waals surface area contributed by atoms with Crippen molar-refractivity contribution in [3.8, 4) is 0 Å². The van der Waals surface area contributed by atoms with Crippen LogP contribution in [0.3, 0.4) is 0 Å². The van der Waals surface area contributed by atoms with E-state index in [0.717, 1.165) is 6.07 Å². The molecule has 0 unspecified atom stereocenters. The van der Waals surface area contributed by atoms with Gasteiger partial charge in [-0.15, -0.1) is 0 Å². The van der Waals surface area contributed by atoms with E-state index in [1.54, 1.807) is 13.8 Å². The molecule has 0 aliphatic heterocycles. The number of benzene rings is 2. The summed E-state index contributed by atoms with van der Waals surface area (Å²) in [6, 6.07) is 10.0. The number of nitrogens with zero attached hydrogens (tertiary/aromatic N) is 1. The highest BCUT2D eigenvalue weighted by atomic mass is 35.5. The average molecular weight is 399 g/mol. The first-order chi connectivity index (χ1) is 12.3. The molecule has 0 saturated heterocycles. The van der Waals surface area contributed by atoms with Crippen molar-refractivity contribution in [3.05, 3.63) is 58.9 Å². The van der Waals surface area contributed by atoms with Gasteiger partial charge >= 0.3 is 0 Å². The number of carbonyl (C=O) groups is 1. The second-order valence-corrected chi connectivity index (χ2v) is 7.95. The zero-order valence-electron chi connectivity index (χ0n) is 14.5. The Kier molecular flexibility index (Phi) is 6.75. The molecule has 8 heteroatoms. The Morgan fingerprint density at radius 2 is 1.73 bits per heavy atom. The maximum absolute atomic E-state index is 13.7. The Morgan fingerprint density at radius 1 is 1.12 bits per heavy atom. The lowest BCUT2D eigenvalue weighted by molar-refractivity contribution is -0.115. The van der Waals surface area contributed by atoms with E-state index in [1.807, 2.05) is 0 Å². The SMILES string of the molecule is CCN(CC)S(=O)(=O)c1ccc(NC(=O)Cc2ccc(Cl)cc2F)cc1. The highest BCUT2D eigenvalue weighted by molar-refractivity contribution is 7.89. The van der Waals surface area contributed by atoms with Crippen molar-refractivity contribution in [2.24, 2.45) is 0 Å². The minimum absolute atomic E-state index is 0.150. The van der Waals surface area contributed by atoms with Crippen molar-refractivity contribution in [2.75, 3.05) is 18.4 Å². The summed E-state index contributed by atoms with van der Waals surface area (Å²) in [5, 5.41) is 2.88. The zero-order chi connectivity index (χ0) is 19.3. The summed E-state index contributed by atoms with van der Waals surface area (Å²) >= 11 is 5.68. The van der Waals surface area contributed by atoms with Crippen LogP contribution < -0.4 is 5.32 Å². The molecule has 0 heterocycles. The van der Waals surface area contributed by atoms with E-state index in [4.69, 9.17) is 11.6 Å². The van der Waals surface area contributed by atoms with Crippen LogP contribution in [0.1, 0.15) is 19.4 Å². The highest BCUT2D eigenvalue weighted by Gasteiger charge is 2.21. The fourth-order valence-corrected chi connectivity index (χ4v) is 4.08. The maximum atomic E-state index is 13.7. The van der Waals surface area contributed by atoms with Crippen molar-refractivity contribution in [2.45, 2.75) is 25.2 Å². The van der Waals surface area contributed by atoms with Crippen molar-refractivity contribution in [3.63, 3.8) is 0 Å². The van der Waals surface area contributed by atoms with E-state index in [2.05, 4.69) is 5.32 Å². The van der Waals surface area contributed by atoms with E-state index in [1.165, 1.54) is 40.7 Å². The lowest BCUT2D eigenvalue weighted by Gasteiger charge is -2.18. The van der Waals surface area contributed by atoms with Gasteiger partial charge in [0.1, 0.15) is 5.82 Å². The summed E-state index contributed by atoms with van der Waals surface area (Å²) < 4.78 is 39.9. The van der Waals surface area contributed by atoms with Crippen LogP contribution in [0, 0.1) is 5.82 Å². The number of nitrogens with one attached hydrogen (secondary N) is 1. The molecular weight excluding hydrogens is 379 g/mol. The molecule has 0 atom stereocenters. The van der Waals surface area contributed by atoms with E-state index in [9.17, 15) is 17.6 Å². The minimum Gasteiger partial charge on any atom is -0.326 e. The van der Waals surface area contributed by atoms with Gasteiger partial charge in [0.25, 0.3) is 0 Å². The van der Waals surface area contributed by atoms with Crippen molar-refractivity contribution >= 4 is 33.2 Å². The van der Waals surface area contributed by atoms with Gasteiger partial charge in [-0.1, -0.05) is 31.5 Å². The smallest absolute Gasteiger partial charge is 0.243 e. The Hall–Kier alpha value is -1.96. The van der Waals surface area contributed by atoms with E-state index in [-0.39, 0.29) is 21.9 Å². The van der Waals surface area contributed by atoms with Crippen LogP contribution in [0.25, 0.3) is 0 Å². The van der Waals surface area contributed by atoms with Crippen molar-refractivity contribution in [1.29, 1.82) is 0 Å². The summed E-state index contributed by atoms with van der Waals surface area (Å²) in [4.78, 5) is 12.2. The molecule has 2 aromatic rings. The number of carbonyl (C=O) groups excluding carboxylic acids is 1. The Bertz CT molecular complexity index is 882. The van der Waals surface area contributed by atoms with E-state index in [0.29, 0.717) is 18.8 Å². The Balaban J connectivity index is 2.08. The van der Waals surface area contributed by atoms with Crippen LogP contribution in [-0.2, 0) is 21.2 Å². The van der Waals surface area contributed by atoms with Gasteiger partial charge in [-0.3, -0.25) is 4.79 Å². The second-order valence-electron chi connectivity index (χ2n) is 5.57. The van der Waals surface area contributed by atoms with Gasteiger partial charge in [0.05, 0.1) is 11.3 Å². The van der Waals surface area contributed by atoms with Gasteiger partial charge < -0.3 is 5.32 Å². The molecule has 0 saturated carbocycles. The summed E-state index contributed by atoms with van der Waals surface area (Å²) in [6.45, 7) is 4.30. The van der Waals surface area contributed by atoms with Crippen LogP contribution in [0.4, 0.5) is 10.1 Å². The monoisotopic (exact) mass is 398 g/mol. The van der Waals surface area contributed by atoms with Gasteiger partial charge in [-0.25, -0.2) is 12.8 Å². The topological polar surface area (TPSA) is 66.5 Å². The van der Waals surface area contributed by atoms with Gasteiger partial charge in [-0.05, 0) is 42.0 Å². The fraction of sp³-hybridized carbons (Fsp3) is 0.278. The molecule has 0 aliphatic rings. The standard InChI is InChI=1S/C18H20ClFN2O3S/c1-3-22(4-2)26(24,25)16-9-7-15(8-10-16)21-18(23)11-13-5-6-14(19)12-17(13)20/h5-10,12H,3-4,11H2,1-2H3,(H,21,23). The molecule has 140 valence electrons. The quantitative estimate of drug-likeness (QED) is 0.773. The third-order valence-corrected chi connectivity index (χ3v) is 6.15. The third kappa shape index (κ3) is 4.81. The number of rotatable bonds is 7. The lowest BCUT2D eigenvalue weighted by atomic mass is 10.1. The second kappa shape index (κ2) is 8.62. The number of hydrogen-bond acceptors (Lipinski definition) is 3. The molecular formula is C18H20ClFN2O3S. The molecule has 2 aromatic carbocycles. The first-order valence-corrected chi connectivity index (χ1v) is 9.93. The van der Waals surface area contributed by atoms with Crippen LogP contribution in [0.2, 0.25) is 5.02 Å². The number of anilines is 1. The molecule has 2 rings (SSSR count). The molecule has 0 bridgehead atoms. The molecule has 1 N–H and O–H groups in total. The first kappa shape index (κ1) is 20.4. The van der Waals surface area contributed by atoms with Gasteiger partial charge in [0.15, 0.2) is 0 Å².